The summed E-state index contributed by atoms with van der Waals surface area (Å²) in [6, 6.07) is 6.58. The maximum absolute atomic E-state index is 6.22. The van der Waals surface area contributed by atoms with Crippen LogP contribution < -0.4 is 5.32 Å². The molecule has 1 nitrogen and oxygen atoms in total. The minimum absolute atomic E-state index is 0.229. The number of fused-ring (bicyclic) bond motifs is 1. The fourth-order valence-corrected chi connectivity index (χ4v) is 3.80. The SMILES string of the molecule is CNC1c2cccc(Cl)c2CSC1(C)C. The van der Waals surface area contributed by atoms with Gasteiger partial charge in [0.05, 0.1) is 0 Å². The predicted molar refractivity (Wildman–Crippen MR) is 68.6 cm³/mol. The molecule has 0 aromatic heterocycles. The molecule has 2 rings (SSSR count). The first-order valence-corrected chi connectivity index (χ1v) is 6.51. The minimum atomic E-state index is 0.229. The van der Waals surface area contributed by atoms with Crippen LogP contribution in [-0.2, 0) is 5.75 Å². The molecule has 0 saturated heterocycles. The quantitative estimate of drug-likeness (QED) is 0.806. The molecule has 1 atom stereocenters. The summed E-state index contributed by atoms with van der Waals surface area (Å²) in [6.07, 6.45) is 0. The number of halogens is 1. The third-order valence-corrected chi connectivity index (χ3v) is 4.81. The molecule has 0 radical (unpaired) electrons. The normalized spacial score (nSPS) is 23.6. The van der Waals surface area contributed by atoms with Gasteiger partial charge in [-0.05, 0) is 38.1 Å². The fourth-order valence-electron chi connectivity index (χ4n) is 2.22. The van der Waals surface area contributed by atoms with Crippen LogP contribution in [0.5, 0.6) is 0 Å². The van der Waals surface area contributed by atoms with Crippen molar-refractivity contribution in [1.29, 1.82) is 0 Å². The lowest BCUT2D eigenvalue weighted by Gasteiger charge is -2.39. The zero-order valence-corrected chi connectivity index (χ0v) is 10.9. The number of hydrogen-bond donors (Lipinski definition) is 1. The van der Waals surface area contributed by atoms with E-state index >= 15 is 0 Å². The van der Waals surface area contributed by atoms with Crippen molar-refractivity contribution in [2.75, 3.05) is 7.05 Å². The van der Waals surface area contributed by atoms with Crippen LogP contribution in [-0.4, -0.2) is 11.8 Å². The van der Waals surface area contributed by atoms with Gasteiger partial charge in [-0.1, -0.05) is 23.7 Å². The van der Waals surface area contributed by atoms with Crippen LogP contribution >= 0.6 is 23.4 Å². The Hall–Kier alpha value is -0.180. The maximum atomic E-state index is 6.22. The highest BCUT2D eigenvalue weighted by molar-refractivity contribution is 8.00. The summed E-state index contributed by atoms with van der Waals surface area (Å²) in [4.78, 5) is 0. The molecular weight excluding hydrogens is 226 g/mol. The molecule has 82 valence electrons. The number of rotatable bonds is 1. The van der Waals surface area contributed by atoms with Crippen molar-refractivity contribution in [3.8, 4) is 0 Å². The molecule has 0 amide bonds. The zero-order valence-electron chi connectivity index (χ0n) is 9.30. The third kappa shape index (κ3) is 1.91. The van der Waals surface area contributed by atoms with E-state index in [9.17, 15) is 0 Å². The molecule has 0 aliphatic carbocycles. The van der Waals surface area contributed by atoms with Crippen molar-refractivity contribution in [2.24, 2.45) is 0 Å². The summed E-state index contributed by atoms with van der Waals surface area (Å²) >= 11 is 8.18. The Kier molecular flexibility index (Phi) is 3.02. The van der Waals surface area contributed by atoms with E-state index in [2.05, 4.69) is 25.2 Å². The zero-order chi connectivity index (χ0) is 11.1. The lowest BCUT2D eigenvalue weighted by Crippen LogP contribution is -2.38. The van der Waals surface area contributed by atoms with Gasteiger partial charge >= 0.3 is 0 Å². The summed E-state index contributed by atoms with van der Waals surface area (Å²) in [6.45, 7) is 4.56. The lowest BCUT2D eigenvalue weighted by atomic mass is 9.91. The van der Waals surface area contributed by atoms with Gasteiger partial charge in [0, 0.05) is 21.6 Å². The first-order chi connectivity index (χ1) is 7.06. The van der Waals surface area contributed by atoms with Crippen LogP contribution in [0.2, 0.25) is 5.02 Å². The van der Waals surface area contributed by atoms with Crippen molar-refractivity contribution >= 4 is 23.4 Å². The molecule has 1 aliphatic rings. The van der Waals surface area contributed by atoms with Crippen LogP contribution in [0.3, 0.4) is 0 Å². The topological polar surface area (TPSA) is 12.0 Å². The highest BCUT2D eigenvalue weighted by Crippen LogP contribution is 2.46. The Bertz CT molecular complexity index is 376. The largest absolute Gasteiger partial charge is 0.312 e. The summed E-state index contributed by atoms with van der Waals surface area (Å²) in [5, 5.41) is 4.30. The average Bonchev–Trinajstić information content (AvgIpc) is 2.16. The van der Waals surface area contributed by atoms with Gasteiger partial charge in [-0.2, -0.15) is 0 Å². The van der Waals surface area contributed by atoms with E-state index in [4.69, 9.17) is 11.6 Å². The van der Waals surface area contributed by atoms with Crippen LogP contribution in [0.25, 0.3) is 0 Å². The number of thioether (sulfide) groups is 1. The Morgan fingerprint density at radius 3 is 2.87 bits per heavy atom. The van der Waals surface area contributed by atoms with E-state index in [1.54, 1.807) is 0 Å². The Morgan fingerprint density at radius 2 is 2.20 bits per heavy atom. The molecule has 0 fully saturated rings. The fraction of sp³-hybridized carbons (Fsp3) is 0.500. The molecule has 1 N–H and O–H groups in total. The molecule has 0 bridgehead atoms. The second-order valence-corrected chi connectivity index (χ2v) is 6.46. The molecule has 1 heterocycles. The van der Waals surface area contributed by atoms with Crippen LogP contribution in [0, 0.1) is 0 Å². The average molecular weight is 242 g/mol. The monoisotopic (exact) mass is 241 g/mol. The van der Waals surface area contributed by atoms with Gasteiger partial charge < -0.3 is 5.32 Å². The van der Waals surface area contributed by atoms with Gasteiger partial charge in [-0.3, -0.25) is 0 Å². The van der Waals surface area contributed by atoms with Crippen molar-refractivity contribution in [3.63, 3.8) is 0 Å². The Morgan fingerprint density at radius 1 is 1.47 bits per heavy atom. The molecule has 1 aromatic carbocycles. The van der Waals surface area contributed by atoms with E-state index in [0.717, 1.165) is 10.8 Å². The van der Waals surface area contributed by atoms with Gasteiger partial charge in [-0.15, -0.1) is 11.8 Å². The second-order valence-electron chi connectivity index (χ2n) is 4.42. The van der Waals surface area contributed by atoms with Crippen molar-refractivity contribution in [1.82, 2.24) is 5.32 Å². The lowest BCUT2D eigenvalue weighted by molar-refractivity contribution is 0.474. The molecular formula is C12H16ClNS. The highest BCUT2D eigenvalue weighted by atomic mass is 35.5. The van der Waals surface area contributed by atoms with E-state index in [1.165, 1.54) is 11.1 Å². The summed E-state index contributed by atoms with van der Waals surface area (Å²) in [5.74, 6) is 1.01. The highest BCUT2D eigenvalue weighted by Gasteiger charge is 2.36. The van der Waals surface area contributed by atoms with Gasteiger partial charge in [-0.25, -0.2) is 0 Å². The molecule has 0 spiro atoms. The van der Waals surface area contributed by atoms with Crippen molar-refractivity contribution in [3.05, 3.63) is 34.3 Å². The number of benzene rings is 1. The standard InChI is InChI=1S/C12H16ClNS/c1-12(2)11(14-3)8-5-4-6-10(13)9(8)7-15-12/h4-6,11,14H,7H2,1-3H3. The second kappa shape index (κ2) is 4.00. The number of hydrogen-bond acceptors (Lipinski definition) is 2. The van der Waals surface area contributed by atoms with E-state index in [1.807, 2.05) is 30.9 Å². The van der Waals surface area contributed by atoms with E-state index in [0.29, 0.717) is 6.04 Å². The molecule has 1 unspecified atom stereocenters. The first kappa shape index (κ1) is 11.3. The van der Waals surface area contributed by atoms with Gasteiger partial charge in [0.15, 0.2) is 0 Å². The molecule has 1 aromatic rings. The molecule has 0 saturated carbocycles. The summed E-state index contributed by atoms with van der Waals surface area (Å²) < 4.78 is 0.229. The summed E-state index contributed by atoms with van der Waals surface area (Å²) in [5.41, 5.74) is 2.65. The van der Waals surface area contributed by atoms with Crippen molar-refractivity contribution < 1.29 is 0 Å². The van der Waals surface area contributed by atoms with Gasteiger partial charge in [0.1, 0.15) is 0 Å². The van der Waals surface area contributed by atoms with E-state index in [-0.39, 0.29) is 4.75 Å². The maximum Gasteiger partial charge on any atom is 0.0465 e. The van der Waals surface area contributed by atoms with Crippen LogP contribution in [0.15, 0.2) is 18.2 Å². The van der Waals surface area contributed by atoms with E-state index < -0.39 is 0 Å². The predicted octanol–water partition coefficient (Wildman–Crippen LogP) is 3.63. The molecule has 15 heavy (non-hydrogen) atoms. The Labute approximate surface area is 101 Å². The third-order valence-electron chi connectivity index (χ3n) is 3.04. The first-order valence-electron chi connectivity index (χ1n) is 5.15. The van der Waals surface area contributed by atoms with Crippen LogP contribution in [0.4, 0.5) is 0 Å². The Balaban J connectivity index is 2.51. The van der Waals surface area contributed by atoms with Crippen LogP contribution in [0.1, 0.15) is 31.0 Å². The summed E-state index contributed by atoms with van der Waals surface area (Å²) in [7, 11) is 2.02. The smallest absolute Gasteiger partial charge is 0.0465 e. The van der Waals surface area contributed by atoms with Crippen molar-refractivity contribution in [2.45, 2.75) is 30.4 Å². The van der Waals surface area contributed by atoms with Gasteiger partial charge in [0.25, 0.3) is 0 Å². The molecule has 1 aliphatic heterocycles. The number of nitrogens with one attached hydrogen (secondary N) is 1. The molecule has 3 heteroatoms. The van der Waals surface area contributed by atoms with Gasteiger partial charge in [0.2, 0.25) is 0 Å². The minimum Gasteiger partial charge on any atom is -0.312 e.